The molecule has 0 aromatic heterocycles. The van der Waals surface area contributed by atoms with Gasteiger partial charge in [-0.2, -0.15) is 5.10 Å². The molecule has 0 spiro atoms. The van der Waals surface area contributed by atoms with Crippen molar-refractivity contribution in [2.24, 2.45) is 5.10 Å². The number of hydrogen-bond acceptors (Lipinski definition) is 4. The summed E-state index contributed by atoms with van der Waals surface area (Å²) in [4.78, 5) is 15.9. The van der Waals surface area contributed by atoms with Crippen molar-refractivity contribution in [2.45, 2.75) is 6.42 Å². The molecular weight excluding hydrogens is 418 g/mol. The summed E-state index contributed by atoms with van der Waals surface area (Å²) in [6.07, 6.45) is 0.488. The molecule has 0 unspecified atom stereocenters. The van der Waals surface area contributed by atoms with Gasteiger partial charge in [-0.15, -0.1) is 24.8 Å². The Morgan fingerprint density at radius 1 is 0.963 bits per heavy atom. The van der Waals surface area contributed by atoms with Crippen molar-refractivity contribution in [1.29, 1.82) is 0 Å². The zero-order chi connectivity index (χ0) is 18.6. The van der Waals surface area contributed by atoms with Gasteiger partial charge in [-0.1, -0.05) is 0 Å². The van der Waals surface area contributed by atoms with Crippen molar-refractivity contribution in [3.05, 3.63) is 34.6 Å². The first kappa shape index (κ1) is 25.5. The highest BCUT2D eigenvalue weighted by Crippen LogP contribution is 2.21. The molecule has 1 aromatic carbocycles. The van der Waals surface area contributed by atoms with Gasteiger partial charge in [-0.05, 0) is 7.05 Å². The molecule has 1 aliphatic rings. The predicted octanol–water partition coefficient (Wildman–Crippen LogP) is 2.31. The molecule has 1 saturated heterocycles. The topological polar surface area (TPSA) is 47.9 Å². The van der Waals surface area contributed by atoms with E-state index in [-0.39, 0.29) is 31.2 Å². The molecule has 1 amide bonds. The van der Waals surface area contributed by atoms with E-state index in [0.717, 1.165) is 26.2 Å². The number of carbonyl (C=O) groups excluding carboxylic acids is 1. The first-order valence-corrected chi connectivity index (χ1v) is 7.55. The van der Waals surface area contributed by atoms with Gasteiger partial charge in [-0.25, -0.2) is 27.4 Å². The average molecular weight is 437 g/mol. The van der Waals surface area contributed by atoms with Crippen molar-refractivity contribution in [2.75, 3.05) is 39.8 Å². The SMILES string of the molecule is CN1CCN(CCC(=O)NN=Cc2c(F)c(F)c(F)c(F)c2F)CC1.Cl.Cl. The monoisotopic (exact) mass is 436 g/mol. The normalized spacial score (nSPS) is 15.3. The maximum atomic E-state index is 13.4. The summed E-state index contributed by atoms with van der Waals surface area (Å²) in [5.41, 5.74) is 0.797. The highest BCUT2D eigenvalue weighted by molar-refractivity contribution is 5.85. The lowest BCUT2D eigenvalue weighted by atomic mass is 10.2. The van der Waals surface area contributed by atoms with E-state index in [1.165, 1.54) is 0 Å². The fourth-order valence-corrected chi connectivity index (χ4v) is 2.29. The second-order valence-electron chi connectivity index (χ2n) is 5.67. The van der Waals surface area contributed by atoms with Crippen LogP contribution in [-0.4, -0.2) is 61.7 Å². The highest BCUT2D eigenvalue weighted by atomic mass is 35.5. The minimum atomic E-state index is -2.25. The second-order valence-corrected chi connectivity index (χ2v) is 5.67. The summed E-state index contributed by atoms with van der Waals surface area (Å²) in [5, 5.41) is 3.26. The first-order chi connectivity index (χ1) is 11.8. The van der Waals surface area contributed by atoms with Gasteiger partial charge >= 0.3 is 0 Å². The molecule has 0 radical (unpaired) electrons. The Balaban J connectivity index is 0.00000338. The first-order valence-electron chi connectivity index (χ1n) is 7.55. The lowest BCUT2D eigenvalue weighted by Gasteiger charge is -2.32. The molecular formula is C15H19Cl2F5N4O. The van der Waals surface area contributed by atoms with Gasteiger partial charge in [0.05, 0.1) is 11.8 Å². The lowest BCUT2D eigenvalue weighted by Crippen LogP contribution is -2.45. The van der Waals surface area contributed by atoms with Crippen LogP contribution in [0.4, 0.5) is 22.0 Å². The quantitative estimate of drug-likeness (QED) is 0.253. The molecule has 1 heterocycles. The number of hydrazone groups is 1. The molecule has 0 atom stereocenters. The van der Waals surface area contributed by atoms with E-state index in [0.29, 0.717) is 12.8 Å². The molecule has 0 bridgehead atoms. The molecule has 12 heteroatoms. The molecule has 0 aliphatic carbocycles. The van der Waals surface area contributed by atoms with Crippen LogP contribution in [-0.2, 0) is 4.79 Å². The van der Waals surface area contributed by atoms with Crippen LogP contribution < -0.4 is 5.43 Å². The summed E-state index contributed by atoms with van der Waals surface area (Å²) >= 11 is 0. The summed E-state index contributed by atoms with van der Waals surface area (Å²) in [6, 6.07) is 0. The molecule has 1 N–H and O–H groups in total. The largest absolute Gasteiger partial charge is 0.304 e. The maximum absolute atomic E-state index is 13.4. The van der Waals surface area contributed by atoms with Gasteiger partial charge in [0.15, 0.2) is 23.3 Å². The van der Waals surface area contributed by atoms with Crippen LogP contribution in [0.5, 0.6) is 0 Å². The van der Waals surface area contributed by atoms with E-state index in [2.05, 4.69) is 14.9 Å². The Morgan fingerprint density at radius 3 is 1.96 bits per heavy atom. The Morgan fingerprint density at radius 2 is 1.44 bits per heavy atom. The predicted molar refractivity (Wildman–Crippen MR) is 95.0 cm³/mol. The number of benzene rings is 1. The standard InChI is InChI=1S/C15H17F5N4O.2ClH/c1-23-4-6-24(7-5-23)3-2-10(25)22-21-8-9-11(16)13(18)15(20)14(19)12(9)17;;/h8H,2-7H2,1H3,(H,22,25);2*1H. The zero-order valence-electron chi connectivity index (χ0n) is 14.3. The molecule has 1 fully saturated rings. The maximum Gasteiger partial charge on any atom is 0.241 e. The number of nitrogens with zero attached hydrogens (tertiary/aromatic N) is 3. The van der Waals surface area contributed by atoms with Crippen LogP contribution in [0.2, 0.25) is 0 Å². The van der Waals surface area contributed by atoms with Crippen molar-refractivity contribution < 1.29 is 26.7 Å². The van der Waals surface area contributed by atoms with Gasteiger partial charge in [-0.3, -0.25) is 4.79 Å². The lowest BCUT2D eigenvalue weighted by molar-refractivity contribution is -0.121. The van der Waals surface area contributed by atoms with E-state index in [1.807, 2.05) is 12.5 Å². The Labute approximate surface area is 165 Å². The van der Waals surface area contributed by atoms with E-state index in [4.69, 9.17) is 0 Å². The van der Waals surface area contributed by atoms with Crippen LogP contribution in [0.15, 0.2) is 5.10 Å². The summed E-state index contributed by atoms with van der Waals surface area (Å²) in [6.45, 7) is 3.90. The third kappa shape index (κ3) is 6.56. The summed E-state index contributed by atoms with van der Waals surface area (Å²) < 4.78 is 65.8. The molecule has 27 heavy (non-hydrogen) atoms. The third-order valence-electron chi connectivity index (χ3n) is 3.88. The van der Waals surface area contributed by atoms with Crippen LogP contribution in [0.3, 0.4) is 0 Å². The highest BCUT2D eigenvalue weighted by Gasteiger charge is 2.24. The van der Waals surface area contributed by atoms with Gasteiger partial charge in [0, 0.05) is 39.1 Å². The van der Waals surface area contributed by atoms with Crippen LogP contribution in [0, 0.1) is 29.1 Å². The smallest absolute Gasteiger partial charge is 0.241 e. The van der Waals surface area contributed by atoms with Crippen LogP contribution >= 0.6 is 24.8 Å². The number of amides is 1. The van der Waals surface area contributed by atoms with E-state index in [1.54, 1.807) is 0 Å². The number of nitrogens with one attached hydrogen (secondary N) is 1. The summed E-state index contributed by atoms with van der Waals surface area (Å²) in [5.74, 6) is -10.9. The molecule has 2 rings (SSSR count). The van der Waals surface area contributed by atoms with E-state index < -0.39 is 40.6 Å². The number of carbonyl (C=O) groups is 1. The third-order valence-corrected chi connectivity index (χ3v) is 3.88. The number of hydrogen-bond donors (Lipinski definition) is 1. The number of piperazine rings is 1. The molecule has 0 saturated carbocycles. The Bertz CT molecular complexity index is 656. The van der Waals surface area contributed by atoms with Crippen molar-refractivity contribution in [3.63, 3.8) is 0 Å². The van der Waals surface area contributed by atoms with Gasteiger partial charge in [0.2, 0.25) is 11.7 Å². The van der Waals surface area contributed by atoms with Crippen molar-refractivity contribution in [3.8, 4) is 0 Å². The minimum Gasteiger partial charge on any atom is -0.304 e. The van der Waals surface area contributed by atoms with Crippen molar-refractivity contribution >= 4 is 36.9 Å². The minimum absolute atomic E-state index is 0. The molecule has 1 aromatic rings. The summed E-state index contributed by atoms with van der Waals surface area (Å²) in [7, 11) is 2.00. The Hall–Kier alpha value is -1.49. The Kier molecular flexibility index (Phi) is 10.7. The average Bonchev–Trinajstić information content (AvgIpc) is 2.60. The molecule has 5 nitrogen and oxygen atoms in total. The second kappa shape index (κ2) is 11.4. The van der Waals surface area contributed by atoms with E-state index in [9.17, 15) is 26.7 Å². The number of halogens is 7. The number of rotatable bonds is 5. The fraction of sp³-hybridized carbons (Fsp3) is 0.467. The van der Waals surface area contributed by atoms with Crippen LogP contribution in [0.25, 0.3) is 0 Å². The van der Waals surface area contributed by atoms with Gasteiger partial charge < -0.3 is 9.80 Å². The van der Waals surface area contributed by atoms with Crippen LogP contribution in [0.1, 0.15) is 12.0 Å². The molecule has 154 valence electrons. The van der Waals surface area contributed by atoms with Gasteiger partial charge in [0.25, 0.3) is 0 Å². The molecule has 1 aliphatic heterocycles. The van der Waals surface area contributed by atoms with Gasteiger partial charge in [0.1, 0.15) is 0 Å². The van der Waals surface area contributed by atoms with Crippen molar-refractivity contribution in [1.82, 2.24) is 15.2 Å². The number of likely N-dealkylation sites (N-methyl/N-ethyl adjacent to an activating group) is 1. The zero-order valence-corrected chi connectivity index (χ0v) is 15.9. The fourth-order valence-electron chi connectivity index (χ4n) is 2.29. The van der Waals surface area contributed by atoms with E-state index >= 15 is 0 Å².